The molecule has 2 rings (SSSR count). The third kappa shape index (κ3) is 5.61. The molecule has 0 saturated carbocycles. The van der Waals surface area contributed by atoms with Gasteiger partial charge >= 0.3 is 0 Å². The second-order valence-electron chi connectivity index (χ2n) is 11.4. The van der Waals surface area contributed by atoms with E-state index in [-0.39, 0.29) is 16.2 Å². The van der Waals surface area contributed by atoms with Crippen LogP contribution in [0.15, 0.2) is 36.4 Å². The monoisotopic (exact) mass is 446 g/mol. The molecule has 3 nitrogen and oxygen atoms in total. The summed E-state index contributed by atoms with van der Waals surface area (Å²) in [6.07, 6.45) is 9.09. The fourth-order valence-electron chi connectivity index (χ4n) is 2.74. The SMILES string of the molecule is CC=CC=CC1Cc2cc(O[Si](C)(C)C(C)(C)C)cc(O[Si](C)(C)C(C)(C)C)c2O1. The first-order chi connectivity index (χ1) is 13.6. The van der Waals surface area contributed by atoms with Crippen LogP contribution in [0.25, 0.3) is 0 Å². The van der Waals surface area contributed by atoms with Crippen molar-refractivity contribution in [1.29, 1.82) is 0 Å². The Labute approximate surface area is 186 Å². The molecule has 1 aromatic carbocycles. The van der Waals surface area contributed by atoms with Crippen molar-refractivity contribution in [3.8, 4) is 17.2 Å². The third-order valence-corrected chi connectivity index (χ3v) is 15.5. The fourth-order valence-corrected chi connectivity index (χ4v) is 4.76. The maximum Gasteiger partial charge on any atom is 0.250 e. The molecule has 1 unspecified atom stereocenters. The summed E-state index contributed by atoms with van der Waals surface area (Å²) in [6.45, 7) is 24.7. The van der Waals surface area contributed by atoms with Gasteiger partial charge in [0.2, 0.25) is 8.32 Å². The minimum atomic E-state index is -2.01. The molecule has 1 aromatic rings. The molecule has 0 N–H and O–H groups in total. The first-order valence-electron chi connectivity index (χ1n) is 11.1. The van der Waals surface area contributed by atoms with Crippen LogP contribution in [0.5, 0.6) is 17.2 Å². The highest BCUT2D eigenvalue weighted by Crippen LogP contribution is 2.47. The number of hydrogen-bond donors (Lipinski definition) is 0. The van der Waals surface area contributed by atoms with Crippen LogP contribution >= 0.6 is 0 Å². The van der Waals surface area contributed by atoms with Gasteiger partial charge in [-0.25, -0.2) is 0 Å². The molecule has 0 amide bonds. The molecule has 0 bridgehead atoms. The smallest absolute Gasteiger partial charge is 0.250 e. The molecule has 1 heterocycles. The van der Waals surface area contributed by atoms with E-state index in [4.69, 9.17) is 13.6 Å². The molecule has 1 aliphatic heterocycles. The maximum atomic E-state index is 6.74. The van der Waals surface area contributed by atoms with Crippen LogP contribution in [-0.2, 0) is 6.42 Å². The largest absolute Gasteiger partial charge is 0.543 e. The highest BCUT2D eigenvalue weighted by molar-refractivity contribution is 6.75. The summed E-state index contributed by atoms with van der Waals surface area (Å²) in [5, 5.41) is 0.251. The minimum absolute atomic E-state index is 0.0288. The number of rotatable bonds is 6. The van der Waals surface area contributed by atoms with Crippen LogP contribution in [0.1, 0.15) is 54.0 Å². The Morgan fingerprint density at radius 1 is 0.900 bits per heavy atom. The van der Waals surface area contributed by atoms with Crippen molar-refractivity contribution in [2.24, 2.45) is 0 Å². The van der Waals surface area contributed by atoms with Gasteiger partial charge in [-0.1, -0.05) is 59.8 Å². The van der Waals surface area contributed by atoms with E-state index in [1.165, 1.54) is 5.56 Å². The first-order valence-corrected chi connectivity index (χ1v) is 16.9. The van der Waals surface area contributed by atoms with Gasteiger partial charge in [-0.3, -0.25) is 0 Å². The summed E-state index contributed by atoms with van der Waals surface area (Å²) in [6, 6.07) is 4.23. The summed E-state index contributed by atoms with van der Waals surface area (Å²) in [4.78, 5) is 0. The molecule has 0 aromatic heterocycles. The molecule has 168 valence electrons. The van der Waals surface area contributed by atoms with Gasteiger partial charge in [-0.05, 0) is 55.3 Å². The van der Waals surface area contributed by atoms with Crippen molar-refractivity contribution in [2.45, 2.75) is 97.3 Å². The summed E-state index contributed by atoms with van der Waals surface area (Å²) in [7, 11) is -3.96. The lowest BCUT2D eigenvalue weighted by atomic mass is 10.1. The summed E-state index contributed by atoms with van der Waals surface area (Å²) < 4.78 is 19.7. The number of ether oxygens (including phenoxy) is 1. The Hall–Kier alpha value is -1.47. The summed E-state index contributed by atoms with van der Waals surface area (Å²) in [5.41, 5.74) is 1.18. The molecule has 0 fully saturated rings. The van der Waals surface area contributed by atoms with Gasteiger partial charge in [0.15, 0.2) is 11.5 Å². The number of allylic oxidation sites excluding steroid dienone is 3. The molecule has 0 saturated heterocycles. The number of benzene rings is 1. The molecule has 1 aliphatic rings. The van der Waals surface area contributed by atoms with Crippen LogP contribution in [0.3, 0.4) is 0 Å². The molecule has 30 heavy (non-hydrogen) atoms. The predicted molar refractivity (Wildman–Crippen MR) is 134 cm³/mol. The minimum Gasteiger partial charge on any atom is -0.543 e. The molecule has 1 atom stereocenters. The quantitative estimate of drug-likeness (QED) is 0.328. The molecule has 0 aliphatic carbocycles. The highest BCUT2D eigenvalue weighted by atomic mass is 28.4. The average molecular weight is 447 g/mol. The first kappa shape index (κ1) is 24.8. The maximum absolute atomic E-state index is 6.74. The predicted octanol–water partition coefficient (Wildman–Crippen LogP) is 7.89. The van der Waals surface area contributed by atoms with Gasteiger partial charge in [0.1, 0.15) is 11.9 Å². The zero-order valence-corrected chi connectivity index (χ0v) is 23.0. The van der Waals surface area contributed by atoms with E-state index in [0.29, 0.717) is 0 Å². The van der Waals surface area contributed by atoms with E-state index < -0.39 is 16.6 Å². The zero-order chi connectivity index (χ0) is 23.0. The summed E-state index contributed by atoms with van der Waals surface area (Å²) in [5.74, 6) is 2.64. The third-order valence-electron chi connectivity index (χ3n) is 6.78. The topological polar surface area (TPSA) is 27.7 Å². The fraction of sp³-hybridized carbons (Fsp3) is 0.600. The zero-order valence-electron chi connectivity index (χ0n) is 21.0. The Bertz CT molecular complexity index is 809. The summed E-state index contributed by atoms with van der Waals surface area (Å²) >= 11 is 0. The number of fused-ring (bicyclic) bond motifs is 1. The molecule has 0 spiro atoms. The van der Waals surface area contributed by atoms with Gasteiger partial charge in [0.05, 0.1) is 0 Å². The lowest BCUT2D eigenvalue weighted by molar-refractivity contribution is 0.275. The lowest BCUT2D eigenvalue weighted by Crippen LogP contribution is -2.44. The van der Waals surface area contributed by atoms with Crippen LogP contribution in [-0.4, -0.2) is 22.7 Å². The standard InChI is InChI=1S/C25H42O3Si2/c1-12-13-14-15-20-16-19-17-21(27-29(8,9)24(2,3)4)18-22(23(19)26-20)28-30(10,11)25(5,6)7/h12-15,17-18,20H,16H2,1-11H3. The molecule has 0 radical (unpaired) electrons. The Morgan fingerprint density at radius 3 is 2.00 bits per heavy atom. The van der Waals surface area contributed by atoms with Crippen molar-refractivity contribution >= 4 is 16.6 Å². The van der Waals surface area contributed by atoms with E-state index in [1.807, 2.05) is 19.1 Å². The van der Waals surface area contributed by atoms with E-state index in [2.05, 4.69) is 92.0 Å². The van der Waals surface area contributed by atoms with Gasteiger partial charge in [0, 0.05) is 18.1 Å². The molecular formula is C25H42O3Si2. The van der Waals surface area contributed by atoms with Crippen molar-refractivity contribution in [1.82, 2.24) is 0 Å². The van der Waals surface area contributed by atoms with Gasteiger partial charge in [-0.15, -0.1) is 0 Å². The molecule has 5 heteroatoms. The number of hydrogen-bond acceptors (Lipinski definition) is 3. The van der Waals surface area contributed by atoms with E-state index in [0.717, 1.165) is 23.7 Å². The van der Waals surface area contributed by atoms with Gasteiger partial charge < -0.3 is 13.6 Å². The van der Waals surface area contributed by atoms with Crippen molar-refractivity contribution in [2.75, 3.05) is 0 Å². The van der Waals surface area contributed by atoms with Crippen LogP contribution in [0.4, 0.5) is 0 Å². The molecular weight excluding hydrogens is 404 g/mol. The Morgan fingerprint density at radius 2 is 1.47 bits per heavy atom. The Kier molecular flexibility index (Phi) is 7.09. The normalized spacial score (nSPS) is 18.0. The second-order valence-corrected chi connectivity index (χ2v) is 20.9. The van der Waals surface area contributed by atoms with E-state index in [9.17, 15) is 0 Å². The van der Waals surface area contributed by atoms with Crippen LogP contribution in [0.2, 0.25) is 36.3 Å². The van der Waals surface area contributed by atoms with Crippen LogP contribution in [0, 0.1) is 0 Å². The Balaban J connectivity index is 2.46. The second kappa shape index (κ2) is 8.58. The lowest BCUT2D eigenvalue weighted by Gasteiger charge is -2.38. The van der Waals surface area contributed by atoms with Gasteiger partial charge in [-0.2, -0.15) is 0 Å². The average Bonchev–Trinajstić information content (AvgIpc) is 2.95. The van der Waals surface area contributed by atoms with Crippen molar-refractivity contribution < 1.29 is 13.6 Å². The van der Waals surface area contributed by atoms with Crippen LogP contribution < -0.4 is 13.6 Å². The van der Waals surface area contributed by atoms with Crippen molar-refractivity contribution in [3.05, 3.63) is 42.0 Å². The van der Waals surface area contributed by atoms with E-state index >= 15 is 0 Å². The van der Waals surface area contributed by atoms with Crippen molar-refractivity contribution in [3.63, 3.8) is 0 Å². The van der Waals surface area contributed by atoms with Gasteiger partial charge in [0.25, 0.3) is 8.32 Å². The highest BCUT2D eigenvalue weighted by Gasteiger charge is 2.42. The van der Waals surface area contributed by atoms with E-state index in [1.54, 1.807) is 0 Å².